The maximum Gasteiger partial charge on any atom is 0.200 e. The lowest BCUT2D eigenvalue weighted by Gasteiger charge is -2.09. The van der Waals surface area contributed by atoms with Crippen LogP contribution >= 0.6 is 23.2 Å². The lowest BCUT2D eigenvalue weighted by atomic mass is 10.3. The van der Waals surface area contributed by atoms with E-state index < -0.39 is 0 Å². The van der Waals surface area contributed by atoms with Crippen LogP contribution in [0.1, 0.15) is 0 Å². The number of rotatable bonds is 2. The molecule has 2 aromatic rings. The summed E-state index contributed by atoms with van der Waals surface area (Å²) in [6, 6.07) is 8.79. The molecule has 0 amide bonds. The van der Waals surface area contributed by atoms with Crippen molar-refractivity contribution in [3.8, 4) is 11.6 Å². The predicted octanol–water partition coefficient (Wildman–Crippen LogP) is 3.92. The molecule has 1 aromatic heterocycles. The van der Waals surface area contributed by atoms with E-state index in [0.29, 0.717) is 21.7 Å². The number of para-hydroxylation sites is 1. The summed E-state index contributed by atoms with van der Waals surface area (Å²) in [6.07, 6.45) is 2.93. The second kappa shape index (κ2) is 4.17. The van der Waals surface area contributed by atoms with Crippen LogP contribution in [0.4, 0.5) is 0 Å². The molecule has 1 radical (unpaired) electrons. The van der Waals surface area contributed by atoms with Gasteiger partial charge in [-0.15, -0.1) is 0 Å². The smallest absolute Gasteiger partial charge is 0.200 e. The Hall–Kier alpha value is -1.12. The topological polar surface area (TPSA) is 14.2 Å². The van der Waals surface area contributed by atoms with Gasteiger partial charge in [-0.3, -0.25) is 0 Å². The van der Waals surface area contributed by atoms with Crippen molar-refractivity contribution in [2.24, 2.45) is 7.05 Å². The van der Waals surface area contributed by atoms with Gasteiger partial charge in [-0.2, -0.15) is 0 Å². The molecule has 0 aliphatic heterocycles. The molecule has 2 rings (SSSR count). The summed E-state index contributed by atoms with van der Waals surface area (Å²) in [7, 11) is 1.83. The Bertz CT molecular complexity index is 459. The zero-order valence-electron chi connectivity index (χ0n) is 8.00. The van der Waals surface area contributed by atoms with Crippen molar-refractivity contribution in [1.29, 1.82) is 0 Å². The number of aryl methyl sites for hydroxylation is 1. The molecule has 0 fully saturated rings. The van der Waals surface area contributed by atoms with E-state index in [9.17, 15) is 0 Å². The minimum Gasteiger partial charge on any atom is -0.438 e. The number of hydrogen-bond donors (Lipinski definition) is 0. The van der Waals surface area contributed by atoms with E-state index >= 15 is 0 Å². The zero-order chi connectivity index (χ0) is 10.8. The van der Waals surface area contributed by atoms with Gasteiger partial charge in [0.05, 0.1) is 16.2 Å². The Morgan fingerprint density at radius 2 is 1.87 bits per heavy atom. The van der Waals surface area contributed by atoms with Crippen LogP contribution < -0.4 is 4.74 Å². The van der Waals surface area contributed by atoms with Gasteiger partial charge in [0.2, 0.25) is 0 Å². The molecule has 1 aromatic carbocycles. The summed E-state index contributed by atoms with van der Waals surface area (Å²) in [5.74, 6) is 1.11. The van der Waals surface area contributed by atoms with E-state index in [4.69, 9.17) is 27.9 Å². The standard InChI is InChI=1S/C11H8Cl2NO/c1-14-7-3-6-10(14)15-11-8(12)4-2-5-9(11)13/h2-6H,1H3. The maximum atomic E-state index is 5.97. The lowest BCUT2D eigenvalue weighted by Crippen LogP contribution is -1.93. The largest absolute Gasteiger partial charge is 0.438 e. The van der Waals surface area contributed by atoms with Gasteiger partial charge in [-0.05, 0) is 18.2 Å². The fourth-order valence-electron chi connectivity index (χ4n) is 1.18. The van der Waals surface area contributed by atoms with E-state index in [-0.39, 0.29) is 0 Å². The molecule has 0 aliphatic rings. The van der Waals surface area contributed by atoms with Crippen LogP contribution in [-0.4, -0.2) is 4.57 Å². The first-order valence-corrected chi connectivity index (χ1v) is 5.09. The van der Waals surface area contributed by atoms with Gasteiger partial charge in [-0.25, -0.2) is 0 Å². The second-order valence-corrected chi connectivity index (χ2v) is 3.83. The van der Waals surface area contributed by atoms with Gasteiger partial charge in [-0.1, -0.05) is 29.3 Å². The van der Waals surface area contributed by atoms with Crippen molar-refractivity contribution in [3.05, 3.63) is 46.6 Å². The van der Waals surface area contributed by atoms with E-state index in [1.807, 2.05) is 7.05 Å². The minimum absolute atomic E-state index is 0.469. The van der Waals surface area contributed by atoms with Crippen LogP contribution in [0.5, 0.6) is 11.6 Å². The number of nitrogens with zero attached hydrogens (tertiary/aromatic N) is 1. The highest BCUT2D eigenvalue weighted by Gasteiger charge is 2.09. The van der Waals surface area contributed by atoms with E-state index in [1.165, 1.54) is 0 Å². The molecule has 15 heavy (non-hydrogen) atoms. The van der Waals surface area contributed by atoms with Crippen LogP contribution in [-0.2, 0) is 7.05 Å². The molecular weight excluding hydrogens is 233 g/mol. The quantitative estimate of drug-likeness (QED) is 0.777. The first-order valence-electron chi connectivity index (χ1n) is 4.34. The van der Waals surface area contributed by atoms with Crippen LogP contribution in [0.25, 0.3) is 0 Å². The molecule has 0 saturated carbocycles. The Labute approximate surface area is 98.0 Å². The molecule has 0 N–H and O–H groups in total. The number of halogens is 2. The summed E-state index contributed by atoms with van der Waals surface area (Å²) in [6.45, 7) is 0. The molecule has 0 bridgehead atoms. The molecule has 0 saturated heterocycles. The fourth-order valence-corrected chi connectivity index (χ4v) is 1.66. The molecule has 1 heterocycles. The molecule has 0 unspecified atom stereocenters. The van der Waals surface area contributed by atoms with Crippen LogP contribution in [0.15, 0.2) is 30.3 Å². The van der Waals surface area contributed by atoms with Gasteiger partial charge >= 0.3 is 0 Å². The van der Waals surface area contributed by atoms with Crippen molar-refractivity contribution in [2.45, 2.75) is 0 Å². The van der Waals surface area contributed by atoms with Crippen molar-refractivity contribution in [2.75, 3.05) is 0 Å². The Balaban J connectivity index is 2.36. The summed E-state index contributed by atoms with van der Waals surface area (Å²) in [5, 5.41) is 0.979. The first-order chi connectivity index (χ1) is 7.18. The average molecular weight is 241 g/mol. The molecule has 77 valence electrons. The number of aromatic nitrogens is 1. The van der Waals surface area contributed by atoms with Crippen molar-refractivity contribution < 1.29 is 4.74 Å². The zero-order valence-corrected chi connectivity index (χ0v) is 9.51. The second-order valence-electron chi connectivity index (χ2n) is 3.01. The minimum atomic E-state index is 0.469. The monoisotopic (exact) mass is 240 g/mol. The van der Waals surface area contributed by atoms with Crippen LogP contribution in [0, 0.1) is 6.20 Å². The van der Waals surface area contributed by atoms with Crippen LogP contribution in [0.3, 0.4) is 0 Å². The van der Waals surface area contributed by atoms with Gasteiger partial charge in [0.1, 0.15) is 0 Å². The van der Waals surface area contributed by atoms with Gasteiger partial charge in [0.15, 0.2) is 11.6 Å². The summed E-state index contributed by atoms with van der Waals surface area (Å²) >= 11 is 11.9. The van der Waals surface area contributed by atoms with Crippen molar-refractivity contribution >= 4 is 23.2 Å². The summed E-state index contributed by atoms with van der Waals surface area (Å²) < 4.78 is 7.30. The van der Waals surface area contributed by atoms with Gasteiger partial charge < -0.3 is 9.30 Å². The van der Waals surface area contributed by atoms with Gasteiger partial charge in [0, 0.05) is 13.1 Å². The van der Waals surface area contributed by atoms with Crippen molar-refractivity contribution in [1.82, 2.24) is 4.57 Å². The SMILES string of the molecule is Cn1[c]ccc1Oc1c(Cl)cccc1Cl. The maximum absolute atomic E-state index is 5.97. The molecule has 2 nitrogen and oxygen atoms in total. The molecule has 0 atom stereocenters. The van der Waals surface area contributed by atoms with E-state index in [1.54, 1.807) is 34.9 Å². The van der Waals surface area contributed by atoms with Gasteiger partial charge in [0.25, 0.3) is 0 Å². The highest BCUT2D eigenvalue weighted by atomic mass is 35.5. The third-order valence-corrected chi connectivity index (χ3v) is 2.55. The number of ether oxygens (including phenoxy) is 1. The van der Waals surface area contributed by atoms with Crippen LogP contribution in [0.2, 0.25) is 10.0 Å². The molecule has 0 spiro atoms. The molecule has 0 aliphatic carbocycles. The number of benzene rings is 1. The molecular formula is C11H8Cl2NO. The predicted molar refractivity (Wildman–Crippen MR) is 60.8 cm³/mol. The summed E-state index contributed by atoms with van der Waals surface area (Å²) in [5.41, 5.74) is 0. The molecule has 4 heteroatoms. The van der Waals surface area contributed by atoms with E-state index in [2.05, 4.69) is 6.20 Å². The van der Waals surface area contributed by atoms with E-state index in [0.717, 1.165) is 0 Å². The van der Waals surface area contributed by atoms with Crippen molar-refractivity contribution in [3.63, 3.8) is 0 Å². The number of hydrogen-bond acceptors (Lipinski definition) is 1. The third-order valence-electron chi connectivity index (χ3n) is 1.95. The normalized spacial score (nSPS) is 10.3. The Morgan fingerprint density at radius 3 is 2.40 bits per heavy atom. The lowest BCUT2D eigenvalue weighted by molar-refractivity contribution is 0.443. The highest BCUT2D eigenvalue weighted by molar-refractivity contribution is 6.37. The Kier molecular flexibility index (Phi) is 2.89. The summed E-state index contributed by atoms with van der Waals surface area (Å²) in [4.78, 5) is 0. The third kappa shape index (κ3) is 2.11. The average Bonchev–Trinajstić information content (AvgIpc) is 2.58. The highest BCUT2D eigenvalue weighted by Crippen LogP contribution is 2.35. The fraction of sp³-hybridized carbons (Fsp3) is 0.0909. The first kappa shape index (κ1) is 10.4. The Morgan fingerprint density at radius 1 is 1.20 bits per heavy atom.